The van der Waals surface area contributed by atoms with Gasteiger partial charge in [0.25, 0.3) is 0 Å². The number of hydrogen-bond donors (Lipinski definition) is 1. The molecule has 0 saturated carbocycles. The maximum Gasteiger partial charge on any atom is 0.216 e. The van der Waals surface area contributed by atoms with E-state index < -0.39 is 0 Å². The van der Waals surface area contributed by atoms with Crippen molar-refractivity contribution in [3.8, 4) is 0 Å². The van der Waals surface area contributed by atoms with Crippen molar-refractivity contribution in [1.82, 2.24) is 4.49 Å². The molecule has 0 aliphatic carbocycles. The number of aliphatic hydroxyl groups is 1. The van der Waals surface area contributed by atoms with E-state index in [-0.39, 0.29) is 11.5 Å². The third-order valence-corrected chi connectivity index (χ3v) is 2.38. The van der Waals surface area contributed by atoms with Gasteiger partial charge in [-0.25, -0.2) is 0 Å². The smallest absolute Gasteiger partial charge is 0.216 e. The van der Waals surface area contributed by atoms with Crippen LogP contribution in [-0.4, -0.2) is 15.4 Å². The highest BCUT2D eigenvalue weighted by atomic mass is 32.1. The van der Waals surface area contributed by atoms with Crippen molar-refractivity contribution in [2.45, 2.75) is 13.8 Å². The first-order valence-corrected chi connectivity index (χ1v) is 4.53. The molecule has 0 radical (unpaired) electrons. The van der Waals surface area contributed by atoms with Crippen LogP contribution in [0.25, 0.3) is 5.57 Å². The molecule has 0 aliphatic heterocycles. The lowest BCUT2D eigenvalue weighted by molar-refractivity contribution is -0.722. The Kier molecular flexibility index (Phi) is 2.77. The van der Waals surface area contributed by atoms with Gasteiger partial charge in [-0.15, -0.1) is 0 Å². The van der Waals surface area contributed by atoms with Gasteiger partial charge >= 0.3 is 0 Å². The molecule has 1 rings (SSSR count). The number of Topliss-reactive ketones (excluding diaryl/α,β-unsaturated/α-hetero) is 1. The van der Waals surface area contributed by atoms with Gasteiger partial charge in [0.1, 0.15) is 10.6 Å². The second-order valence-corrected chi connectivity index (χ2v) is 3.54. The molecule has 0 bridgehead atoms. The fraction of sp³-hybridized carbons (Fsp3) is 0.375. The molecule has 0 saturated heterocycles. The summed E-state index contributed by atoms with van der Waals surface area (Å²) in [6.07, 6.45) is 1.71. The average molecular weight is 199 g/mol. The zero-order chi connectivity index (χ0) is 10.0. The number of allylic oxidation sites excluding steroid dienone is 2. The van der Waals surface area contributed by atoms with Gasteiger partial charge in [-0.2, -0.15) is 0 Å². The van der Waals surface area contributed by atoms with Gasteiger partial charge in [-0.05, 0) is 13.8 Å². The van der Waals surface area contributed by atoms with Crippen molar-refractivity contribution in [2.75, 3.05) is 0 Å². The summed E-state index contributed by atoms with van der Waals surface area (Å²) < 4.78 is 5.57. The fourth-order valence-electron chi connectivity index (χ4n) is 1.04. The van der Waals surface area contributed by atoms with Gasteiger partial charge in [-0.3, -0.25) is 4.79 Å². The van der Waals surface area contributed by atoms with E-state index in [4.69, 9.17) is 0 Å². The van der Waals surface area contributed by atoms with E-state index >= 15 is 0 Å². The summed E-state index contributed by atoms with van der Waals surface area (Å²) in [6.45, 7) is 2.92. The number of hydrogen-bond acceptors (Lipinski definition) is 4. The van der Waals surface area contributed by atoms with E-state index in [1.807, 2.05) is 0 Å². The number of aromatic nitrogens is 2. The van der Waals surface area contributed by atoms with Gasteiger partial charge in [0.2, 0.25) is 6.20 Å². The molecule has 1 aromatic rings. The van der Waals surface area contributed by atoms with Crippen molar-refractivity contribution in [3.05, 3.63) is 16.8 Å². The Morgan fingerprint density at radius 2 is 2.23 bits per heavy atom. The van der Waals surface area contributed by atoms with Crippen LogP contribution in [0.1, 0.15) is 18.7 Å². The number of ketones is 1. The number of aryl methyl sites for hydroxylation is 1. The van der Waals surface area contributed by atoms with Crippen molar-refractivity contribution in [3.63, 3.8) is 0 Å². The van der Waals surface area contributed by atoms with Crippen LogP contribution in [0, 0.1) is 0 Å². The van der Waals surface area contributed by atoms with E-state index in [9.17, 15) is 9.90 Å². The Labute approximate surface area is 80.3 Å². The van der Waals surface area contributed by atoms with Crippen molar-refractivity contribution >= 4 is 22.9 Å². The van der Waals surface area contributed by atoms with Gasteiger partial charge in [0, 0.05) is 11.5 Å². The largest absolute Gasteiger partial charge is 0.512 e. The third kappa shape index (κ3) is 2.12. The lowest BCUT2D eigenvalue weighted by Crippen LogP contribution is -2.27. The van der Waals surface area contributed by atoms with Crippen LogP contribution in [0.2, 0.25) is 0 Å². The summed E-state index contributed by atoms with van der Waals surface area (Å²) in [5, 5.41) is 9.27. The predicted molar refractivity (Wildman–Crippen MR) is 49.2 cm³/mol. The average Bonchev–Trinajstić information content (AvgIpc) is 2.34. The number of aliphatic hydroxyl groups excluding tert-OH is 1. The maximum absolute atomic E-state index is 11.1. The Morgan fingerprint density at radius 3 is 2.54 bits per heavy atom. The number of rotatable bonds is 2. The molecule has 0 amide bonds. The monoisotopic (exact) mass is 199 g/mol. The van der Waals surface area contributed by atoms with Crippen molar-refractivity contribution in [1.29, 1.82) is 0 Å². The number of carbonyl (C=O) groups is 1. The van der Waals surface area contributed by atoms with Crippen LogP contribution in [0.3, 0.4) is 0 Å². The first-order valence-electron chi connectivity index (χ1n) is 3.76. The minimum atomic E-state index is -0.149. The molecule has 4 nitrogen and oxygen atoms in total. The molecule has 0 aromatic carbocycles. The van der Waals surface area contributed by atoms with E-state index in [1.165, 1.54) is 25.4 Å². The van der Waals surface area contributed by atoms with Crippen LogP contribution < -0.4 is 4.68 Å². The molecule has 1 aromatic heterocycles. The Morgan fingerprint density at radius 1 is 1.62 bits per heavy atom. The second kappa shape index (κ2) is 3.66. The Hall–Kier alpha value is -1.23. The zero-order valence-electron chi connectivity index (χ0n) is 7.74. The standard InChI is InChI=1S/C8H10N2O2S/c1-5(11)8(6(2)12)7-4-10(3)9-13-7/h4H,1-3H3/p+1. The molecule has 1 heterocycles. The fourth-order valence-corrected chi connectivity index (χ4v) is 1.89. The van der Waals surface area contributed by atoms with Gasteiger partial charge in [-0.1, -0.05) is 4.68 Å². The van der Waals surface area contributed by atoms with Crippen LogP contribution in [-0.2, 0) is 11.8 Å². The van der Waals surface area contributed by atoms with Crippen molar-refractivity contribution < 1.29 is 14.6 Å². The Balaban J connectivity index is 3.19. The first-order chi connectivity index (χ1) is 6.02. The molecule has 0 unspecified atom stereocenters. The molecule has 0 fully saturated rings. The molecule has 1 N–H and O–H groups in total. The summed E-state index contributed by atoms with van der Waals surface area (Å²) in [5.74, 6) is -0.110. The molecule has 0 aliphatic rings. The van der Waals surface area contributed by atoms with Crippen LogP contribution >= 0.6 is 11.5 Å². The Bertz CT molecular complexity index is 364. The van der Waals surface area contributed by atoms with Crippen LogP contribution in [0.4, 0.5) is 0 Å². The SMILES string of the molecule is CC(=O)/C(=C(\C)O)c1c[n+](C)ns1. The highest BCUT2D eigenvalue weighted by Gasteiger charge is 2.17. The maximum atomic E-state index is 11.1. The number of nitrogens with zero attached hydrogens (tertiary/aromatic N) is 2. The first kappa shape index (κ1) is 9.85. The summed E-state index contributed by atoms with van der Waals surface area (Å²) in [6, 6.07) is 0. The summed E-state index contributed by atoms with van der Waals surface area (Å²) in [5.41, 5.74) is 0.345. The summed E-state index contributed by atoms with van der Waals surface area (Å²) in [4.78, 5) is 11.8. The molecular formula is C8H11N2O2S+. The molecule has 70 valence electrons. The molecule has 5 heteroatoms. The quantitative estimate of drug-likeness (QED) is 0.436. The molecular weight excluding hydrogens is 188 g/mol. The highest BCUT2D eigenvalue weighted by molar-refractivity contribution is 7.07. The zero-order valence-corrected chi connectivity index (χ0v) is 8.55. The normalized spacial score (nSPS) is 12.5. The summed E-state index contributed by atoms with van der Waals surface area (Å²) in [7, 11) is 1.77. The van der Waals surface area contributed by atoms with Gasteiger partial charge < -0.3 is 5.11 Å². The second-order valence-electron chi connectivity index (χ2n) is 2.76. The highest BCUT2D eigenvalue weighted by Crippen LogP contribution is 2.19. The van der Waals surface area contributed by atoms with Crippen molar-refractivity contribution in [2.24, 2.45) is 7.05 Å². The number of carbonyl (C=O) groups excluding carboxylic acids is 1. The van der Waals surface area contributed by atoms with Crippen LogP contribution in [0.5, 0.6) is 0 Å². The molecule has 0 atom stereocenters. The third-order valence-electron chi connectivity index (χ3n) is 1.53. The van der Waals surface area contributed by atoms with E-state index in [2.05, 4.69) is 4.49 Å². The van der Waals surface area contributed by atoms with Gasteiger partial charge in [0.05, 0.1) is 10.1 Å². The lowest BCUT2D eigenvalue weighted by Gasteiger charge is -1.97. The van der Waals surface area contributed by atoms with E-state index in [0.29, 0.717) is 10.5 Å². The summed E-state index contributed by atoms with van der Waals surface area (Å²) >= 11 is 1.19. The van der Waals surface area contributed by atoms with E-state index in [1.54, 1.807) is 17.9 Å². The minimum absolute atomic E-state index is 0.0387. The van der Waals surface area contributed by atoms with Gasteiger partial charge in [0.15, 0.2) is 12.8 Å². The minimum Gasteiger partial charge on any atom is -0.512 e. The molecule has 0 spiro atoms. The predicted octanol–water partition coefficient (Wildman–Crippen LogP) is 0.846. The molecule has 13 heavy (non-hydrogen) atoms. The lowest BCUT2D eigenvalue weighted by atomic mass is 10.1. The van der Waals surface area contributed by atoms with Crippen LogP contribution in [0.15, 0.2) is 12.0 Å². The topological polar surface area (TPSA) is 54.1 Å². The van der Waals surface area contributed by atoms with E-state index in [0.717, 1.165) is 0 Å².